The largest absolute Gasteiger partial charge is 0.364 e. The molecule has 1 aromatic heterocycles. The summed E-state index contributed by atoms with van der Waals surface area (Å²) < 4.78 is 0.661. The van der Waals surface area contributed by atoms with Gasteiger partial charge in [0.2, 0.25) is 0 Å². The van der Waals surface area contributed by atoms with Crippen molar-refractivity contribution < 1.29 is 4.79 Å². The maximum atomic E-state index is 10.8. The average molecular weight is 229 g/mol. The van der Waals surface area contributed by atoms with Crippen molar-refractivity contribution in [2.45, 2.75) is 13.3 Å². The Labute approximate surface area is 79.1 Å². The van der Waals surface area contributed by atoms with Crippen molar-refractivity contribution in [1.29, 1.82) is 0 Å². The summed E-state index contributed by atoms with van der Waals surface area (Å²) in [4.78, 5) is 14.7. The second kappa shape index (κ2) is 3.67. The summed E-state index contributed by atoms with van der Waals surface area (Å²) in [6.45, 7) is 2.02. The molecule has 2 N–H and O–H groups in total. The van der Waals surface area contributed by atoms with Crippen LogP contribution in [0.15, 0.2) is 16.7 Å². The van der Waals surface area contributed by atoms with Crippen LogP contribution >= 0.6 is 15.9 Å². The van der Waals surface area contributed by atoms with Gasteiger partial charge in [-0.1, -0.05) is 6.92 Å². The molecule has 0 spiro atoms. The molecule has 0 saturated heterocycles. The van der Waals surface area contributed by atoms with Gasteiger partial charge in [0.1, 0.15) is 5.69 Å². The van der Waals surface area contributed by atoms with Crippen LogP contribution in [0.2, 0.25) is 0 Å². The number of nitrogens with zero attached hydrogens (tertiary/aromatic N) is 1. The van der Waals surface area contributed by atoms with E-state index in [0.717, 1.165) is 12.0 Å². The van der Waals surface area contributed by atoms with Crippen molar-refractivity contribution in [2.24, 2.45) is 5.73 Å². The van der Waals surface area contributed by atoms with Crippen molar-refractivity contribution in [3.8, 4) is 0 Å². The minimum absolute atomic E-state index is 0.284. The number of nitrogens with two attached hydrogens (primary N) is 1. The van der Waals surface area contributed by atoms with Crippen LogP contribution in [0.25, 0.3) is 0 Å². The van der Waals surface area contributed by atoms with Gasteiger partial charge in [-0.25, -0.2) is 4.98 Å². The first kappa shape index (κ1) is 9.19. The van der Waals surface area contributed by atoms with Crippen LogP contribution in [-0.2, 0) is 6.42 Å². The molecule has 1 rings (SSSR count). The van der Waals surface area contributed by atoms with Gasteiger partial charge in [0.25, 0.3) is 5.91 Å². The minimum Gasteiger partial charge on any atom is -0.364 e. The zero-order chi connectivity index (χ0) is 9.14. The van der Waals surface area contributed by atoms with Crippen molar-refractivity contribution >= 4 is 21.8 Å². The van der Waals surface area contributed by atoms with Crippen molar-refractivity contribution in [3.05, 3.63) is 28.0 Å². The Morgan fingerprint density at radius 1 is 1.75 bits per heavy atom. The lowest BCUT2D eigenvalue weighted by molar-refractivity contribution is 0.0995. The third kappa shape index (κ3) is 1.82. The Hall–Kier alpha value is -0.900. The van der Waals surface area contributed by atoms with Crippen molar-refractivity contribution in [1.82, 2.24) is 4.98 Å². The number of rotatable bonds is 2. The van der Waals surface area contributed by atoms with Gasteiger partial charge in [0, 0.05) is 10.7 Å². The highest BCUT2D eigenvalue weighted by molar-refractivity contribution is 9.10. The maximum Gasteiger partial charge on any atom is 0.268 e. The fourth-order valence-electron chi connectivity index (χ4n) is 0.852. The van der Waals surface area contributed by atoms with E-state index in [1.54, 1.807) is 6.20 Å². The Kier molecular flexibility index (Phi) is 2.81. The van der Waals surface area contributed by atoms with Crippen molar-refractivity contribution in [2.75, 3.05) is 0 Å². The van der Waals surface area contributed by atoms with Crippen molar-refractivity contribution in [3.63, 3.8) is 0 Å². The second-order valence-electron chi connectivity index (χ2n) is 2.39. The van der Waals surface area contributed by atoms with Gasteiger partial charge in [0.05, 0.1) is 0 Å². The molecule has 1 aromatic rings. The van der Waals surface area contributed by atoms with Gasteiger partial charge in [-0.15, -0.1) is 0 Å². The first-order chi connectivity index (χ1) is 5.65. The number of hydrogen-bond donors (Lipinski definition) is 1. The number of primary amides is 1. The highest BCUT2D eigenvalue weighted by Crippen LogP contribution is 2.15. The molecule has 0 aliphatic rings. The summed E-state index contributed by atoms with van der Waals surface area (Å²) in [6, 6.07) is 1.85. The zero-order valence-corrected chi connectivity index (χ0v) is 8.26. The van der Waals surface area contributed by atoms with E-state index in [4.69, 9.17) is 5.73 Å². The Balaban J connectivity index is 3.12. The highest BCUT2D eigenvalue weighted by Gasteiger charge is 2.07. The Morgan fingerprint density at radius 2 is 2.42 bits per heavy atom. The fraction of sp³-hybridized carbons (Fsp3) is 0.250. The van der Waals surface area contributed by atoms with Crippen LogP contribution in [0.3, 0.4) is 0 Å². The lowest BCUT2D eigenvalue weighted by Crippen LogP contribution is -2.13. The molecule has 0 fully saturated rings. The van der Waals surface area contributed by atoms with Gasteiger partial charge in [0.15, 0.2) is 0 Å². The summed E-state index contributed by atoms with van der Waals surface area (Å²) in [5, 5.41) is 0. The summed E-state index contributed by atoms with van der Waals surface area (Å²) >= 11 is 3.23. The van der Waals surface area contributed by atoms with E-state index in [1.165, 1.54) is 0 Å². The molecule has 1 amide bonds. The molecule has 0 radical (unpaired) electrons. The summed E-state index contributed by atoms with van der Waals surface area (Å²) in [5.74, 6) is -0.510. The van der Waals surface area contributed by atoms with E-state index in [1.807, 2.05) is 13.0 Å². The van der Waals surface area contributed by atoms with Crippen LogP contribution in [0.4, 0.5) is 0 Å². The second-order valence-corrected chi connectivity index (χ2v) is 3.25. The molecule has 0 unspecified atom stereocenters. The predicted molar refractivity (Wildman–Crippen MR) is 49.8 cm³/mol. The predicted octanol–water partition coefficient (Wildman–Crippen LogP) is 1.51. The van der Waals surface area contributed by atoms with Crippen LogP contribution in [-0.4, -0.2) is 10.9 Å². The maximum absolute atomic E-state index is 10.8. The standard InChI is InChI=1S/C8H9BrN2O/c1-2-5-3-6(9)7(8(10)12)11-4-5/h3-4H,2H2,1H3,(H2,10,12). The molecule has 0 atom stereocenters. The monoisotopic (exact) mass is 228 g/mol. The topological polar surface area (TPSA) is 56.0 Å². The molecule has 64 valence electrons. The number of hydrogen-bond acceptors (Lipinski definition) is 2. The van der Waals surface area contributed by atoms with Gasteiger partial charge in [-0.3, -0.25) is 4.79 Å². The number of aromatic nitrogens is 1. The van der Waals surface area contributed by atoms with Gasteiger partial charge >= 0.3 is 0 Å². The molecule has 4 heteroatoms. The Bertz CT molecular complexity index is 312. The number of carbonyl (C=O) groups excluding carboxylic acids is 1. The van der Waals surface area contributed by atoms with E-state index >= 15 is 0 Å². The van der Waals surface area contributed by atoms with Crippen LogP contribution in [0.5, 0.6) is 0 Å². The number of pyridine rings is 1. The number of aryl methyl sites for hydroxylation is 1. The lowest BCUT2D eigenvalue weighted by Gasteiger charge is -2.00. The van der Waals surface area contributed by atoms with Gasteiger partial charge in [-0.05, 0) is 34.0 Å². The Morgan fingerprint density at radius 3 is 2.83 bits per heavy atom. The van der Waals surface area contributed by atoms with Gasteiger partial charge < -0.3 is 5.73 Å². The van der Waals surface area contributed by atoms with E-state index in [9.17, 15) is 4.79 Å². The SMILES string of the molecule is CCc1cnc(C(N)=O)c(Br)c1. The number of carbonyl (C=O) groups is 1. The third-order valence-corrected chi connectivity index (χ3v) is 2.14. The first-order valence-corrected chi connectivity index (χ1v) is 4.38. The number of halogens is 1. The normalized spacial score (nSPS) is 9.83. The van der Waals surface area contributed by atoms with E-state index < -0.39 is 5.91 Å². The van der Waals surface area contributed by atoms with Crippen LogP contribution in [0, 0.1) is 0 Å². The van der Waals surface area contributed by atoms with Gasteiger partial charge in [-0.2, -0.15) is 0 Å². The molecule has 3 nitrogen and oxygen atoms in total. The quantitative estimate of drug-likeness (QED) is 0.835. The number of amides is 1. The summed E-state index contributed by atoms with van der Waals surface area (Å²) in [7, 11) is 0. The molecule has 12 heavy (non-hydrogen) atoms. The fourth-order valence-corrected chi connectivity index (χ4v) is 1.44. The summed E-state index contributed by atoms with van der Waals surface area (Å²) in [6.07, 6.45) is 2.55. The van der Waals surface area contributed by atoms with Crippen LogP contribution in [0.1, 0.15) is 23.0 Å². The van der Waals surface area contributed by atoms with E-state index in [-0.39, 0.29) is 5.69 Å². The average Bonchev–Trinajstić information content (AvgIpc) is 2.03. The molecule has 0 aromatic carbocycles. The molecule has 0 saturated carbocycles. The molecule has 0 bridgehead atoms. The lowest BCUT2D eigenvalue weighted by atomic mass is 10.2. The highest BCUT2D eigenvalue weighted by atomic mass is 79.9. The van der Waals surface area contributed by atoms with Crippen LogP contribution < -0.4 is 5.73 Å². The first-order valence-electron chi connectivity index (χ1n) is 3.59. The van der Waals surface area contributed by atoms with E-state index in [2.05, 4.69) is 20.9 Å². The molecule has 1 heterocycles. The molecular formula is C8H9BrN2O. The summed E-state index contributed by atoms with van der Waals surface area (Å²) in [5.41, 5.74) is 6.43. The molecule has 0 aliphatic carbocycles. The smallest absolute Gasteiger partial charge is 0.268 e. The molecule has 0 aliphatic heterocycles. The zero-order valence-electron chi connectivity index (χ0n) is 6.67. The molecular weight excluding hydrogens is 220 g/mol. The third-order valence-electron chi connectivity index (χ3n) is 1.54. The van der Waals surface area contributed by atoms with E-state index in [0.29, 0.717) is 4.47 Å². The minimum atomic E-state index is -0.510.